The van der Waals surface area contributed by atoms with Crippen LogP contribution in [0.15, 0.2) is 59.1 Å². The van der Waals surface area contributed by atoms with Gasteiger partial charge >= 0.3 is 0 Å². The molecule has 0 saturated heterocycles. The van der Waals surface area contributed by atoms with Gasteiger partial charge in [0.1, 0.15) is 0 Å². The summed E-state index contributed by atoms with van der Waals surface area (Å²) < 4.78 is 1.06. The van der Waals surface area contributed by atoms with E-state index in [0.29, 0.717) is 5.92 Å². The van der Waals surface area contributed by atoms with Crippen molar-refractivity contribution in [3.63, 3.8) is 0 Å². The summed E-state index contributed by atoms with van der Waals surface area (Å²) in [4.78, 5) is 10.7. The smallest absolute Gasteiger partial charge is 0.269 e. The van der Waals surface area contributed by atoms with Gasteiger partial charge in [0.15, 0.2) is 0 Å². The van der Waals surface area contributed by atoms with E-state index in [4.69, 9.17) is 0 Å². The third-order valence-corrected chi connectivity index (χ3v) is 5.26. The van der Waals surface area contributed by atoms with Crippen molar-refractivity contribution in [1.82, 2.24) is 0 Å². The van der Waals surface area contributed by atoms with Crippen molar-refractivity contribution in [2.75, 3.05) is 5.32 Å². The molecule has 3 atom stereocenters. The number of nitro groups is 1. The Hall–Kier alpha value is -2.14. The number of hydrogen-bond acceptors (Lipinski definition) is 3. The molecule has 1 aliphatic carbocycles. The zero-order chi connectivity index (χ0) is 16.0. The van der Waals surface area contributed by atoms with Crippen LogP contribution in [-0.4, -0.2) is 4.92 Å². The molecule has 1 aliphatic heterocycles. The van der Waals surface area contributed by atoms with Crippen molar-refractivity contribution in [2.45, 2.75) is 18.4 Å². The predicted molar refractivity (Wildman–Crippen MR) is 93.6 cm³/mol. The maximum absolute atomic E-state index is 11.1. The van der Waals surface area contributed by atoms with E-state index >= 15 is 0 Å². The monoisotopic (exact) mass is 370 g/mol. The average Bonchev–Trinajstić information content (AvgIpc) is 3.03. The molecule has 0 aromatic heterocycles. The zero-order valence-corrected chi connectivity index (χ0v) is 13.9. The van der Waals surface area contributed by atoms with E-state index in [1.165, 1.54) is 5.56 Å². The van der Waals surface area contributed by atoms with Gasteiger partial charge in [-0.3, -0.25) is 10.1 Å². The Bertz CT molecular complexity index is 818. The summed E-state index contributed by atoms with van der Waals surface area (Å²) in [7, 11) is 0. The molecule has 4 rings (SSSR count). The second-order valence-corrected chi connectivity index (χ2v) is 6.97. The Labute approximate surface area is 142 Å². The number of nitro benzene ring substituents is 1. The number of nitrogens with one attached hydrogen (secondary N) is 1. The van der Waals surface area contributed by atoms with E-state index in [1.54, 1.807) is 12.1 Å². The first-order valence-corrected chi connectivity index (χ1v) is 8.40. The van der Waals surface area contributed by atoms with Gasteiger partial charge < -0.3 is 5.32 Å². The van der Waals surface area contributed by atoms with Crippen LogP contribution in [0.25, 0.3) is 0 Å². The SMILES string of the molecule is O=[N+]([O-])c1ccc2c(c1)[C@H]1C=CC[C@@H]1[C@@H](c1cccc(Br)c1)N2. The number of allylic oxidation sites excluding steroid dienone is 2. The van der Waals surface area contributed by atoms with Gasteiger partial charge in [-0.15, -0.1) is 0 Å². The first-order valence-electron chi connectivity index (χ1n) is 7.60. The highest BCUT2D eigenvalue weighted by atomic mass is 79.9. The fourth-order valence-electron chi connectivity index (χ4n) is 3.73. The molecule has 2 aliphatic rings. The summed E-state index contributed by atoms with van der Waals surface area (Å²) >= 11 is 3.54. The number of halogens is 1. The van der Waals surface area contributed by atoms with Crippen molar-refractivity contribution in [2.24, 2.45) is 5.92 Å². The molecule has 0 spiro atoms. The summed E-state index contributed by atoms with van der Waals surface area (Å²) in [6.07, 6.45) is 5.37. The molecule has 23 heavy (non-hydrogen) atoms. The van der Waals surface area contributed by atoms with Gasteiger partial charge in [0.2, 0.25) is 0 Å². The fourth-order valence-corrected chi connectivity index (χ4v) is 4.14. The molecule has 0 amide bonds. The molecule has 116 valence electrons. The van der Waals surface area contributed by atoms with Gasteiger partial charge in [0.05, 0.1) is 11.0 Å². The van der Waals surface area contributed by atoms with Crippen molar-refractivity contribution >= 4 is 27.3 Å². The molecule has 1 heterocycles. The van der Waals surface area contributed by atoms with E-state index in [2.05, 4.69) is 45.5 Å². The Morgan fingerprint density at radius 2 is 2.09 bits per heavy atom. The van der Waals surface area contributed by atoms with Crippen LogP contribution in [0.1, 0.15) is 29.5 Å². The van der Waals surface area contributed by atoms with Crippen LogP contribution in [0.3, 0.4) is 0 Å². The average molecular weight is 371 g/mol. The minimum absolute atomic E-state index is 0.158. The second-order valence-electron chi connectivity index (χ2n) is 6.06. The maximum atomic E-state index is 11.1. The van der Waals surface area contributed by atoms with E-state index in [-0.39, 0.29) is 22.6 Å². The van der Waals surface area contributed by atoms with Crippen LogP contribution >= 0.6 is 15.9 Å². The lowest BCUT2D eigenvalue weighted by molar-refractivity contribution is -0.384. The van der Waals surface area contributed by atoms with Crippen LogP contribution in [-0.2, 0) is 0 Å². The Morgan fingerprint density at radius 1 is 1.22 bits per heavy atom. The number of hydrogen-bond donors (Lipinski definition) is 1. The minimum atomic E-state index is -0.325. The highest BCUT2D eigenvalue weighted by Crippen LogP contribution is 2.50. The van der Waals surface area contributed by atoms with Crippen LogP contribution in [0.4, 0.5) is 11.4 Å². The lowest BCUT2D eigenvalue weighted by Crippen LogP contribution is -2.29. The standard InChI is InChI=1S/C18H15BrN2O2/c19-12-4-1-3-11(9-12)18-15-6-2-5-14(15)16-10-13(21(22)23)7-8-17(16)20-18/h1-5,7-10,14-15,18,20H,6H2/t14-,15-,18+/m0/s1. The van der Waals surface area contributed by atoms with E-state index in [9.17, 15) is 10.1 Å². The first kappa shape index (κ1) is 14.5. The molecule has 4 nitrogen and oxygen atoms in total. The van der Waals surface area contributed by atoms with Crippen LogP contribution < -0.4 is 5.32 Å². The first-order chi connectivity index (χ1) is 11.1. The normalized spacial score (nSPS) is 24.7. The highest BCUT2D eigenvalue weighted by molar-refractivity contribution is 9.10. The van der Waals surface area contributed by atoms with E-state index < -0.39 is 0 Å². The van der Waals surface area contributed by atoms with Crippen molar-refractivity contribution in [3.05, 3.63) is 80.3 Å². The topological polar surface area (TPSA) is 55.2 Å². The summed E-state index contributed by atoms with van der Waals surface area (Å²) in [5, 5.41) is 14.7. The summed E-state index contributed by atoms with van der Waals surface area (Å²) in [6.45, 7) is 0. The Kier molecular flexibility index (Phi) is 3.45. The van der Waals surface area contributed by atoms with Gasteiger partial charge in [-0.25, -0.2) is 0 Å². The number of anilines is 1. The summed E-state index contributed by atoms with van der Waals surface area (Å²) in [5.74, 6) is 0.619. The van der Waals surface area contributed by atoms with Gasteiger partial charge in [0, 0.05) is 28.2 Å². The molecule has 0 fully saturated rings. The Balaban J connectivity index is 1.79. The van der Waals surface area contributed by atoms with Gasteiger partial charge in [0.25, 0.3) is 5.69 Å². The number of fused-ring (bicyclic) bond motifs is 3. The van der Waals surface area contributed by atoms with Gasteiger partial charge in [-0.1, -0.05) is 40.2 Å². The largest absolute Gasteiger partial charge is 0.378 e. The van der Waals surface area contributed by atoms with Gasteiger partial charge in [-0.05, 0) is 41.7 Å². The van der Waals surface area contributed by atoms with Crippen molar-refractivity contribution < 1.29 is 4.92 Å². The number of nitrogens with zero attached hydrogens (tertiary/aromatic N) is 1. The molecule has 0 bridgehead atoms. The molecule has 5 heteroatoms. The second kappa shape index (κ2) is 5.49. The van der Waals surface area contributed by atoms with E-state index in [1.807, 2.05) is 18.2 Å². The number of non-ortho nitro benzene ring substituents is 1. The molecule has 1 N–H and O–H groups in total. The maximum Gasteiger partial charge on any atom is 0.269 e. The highest BCUT2D eigenvalue weighted by Gasteiger charge is 2.38. The summed E-state index contributed by atoms with van der Waals surface area (Å²) in [5.41, 5.74) is 3.42. The molecule has 0 unspecified atom stereocenters. The van der Waals surface area contributed by atoms with Crippen LogP contribution in [0, 0.1) is 16.0 Å². The van der Waals surface area contributed by atoms with Crippen LogP contribution in [0.5, 0.6) is 0 Å². The Morgan fingerprint density at radius 3 is 2.87 bits per heavy atom. The molecule has 2 aromatic carbocycles. The third-order valence-electron chi connectivity index (χ3n) is 4.76. The molecular weight excluding hydrogens is 356 g/mol. The summed E-state index contributed by atoms with van der Waals surface area (Å²) in [6, 6.07) is 13.7. The zero-order valence-electron chi connectivity index (χ0n) is 12.3. The van der Waals surface area contributed by atoms with Crippen LogP contribution in [0.2, 0.25) is 0 Å². The molecule has 0 radical (unpaired) electrons. The molecular formula is C18H15BrN2O2. The minimum Gasteiger partial charge on any atom is -0.378 e. The number of rotatable bonds is 2. The lowest BCUT2D eigenvalue weighted by Gasteiger charge is -2.37. The van der Waals surface area contributed by atoms with E-state index in [0.717, 1.165) is 22.1 Å². The predicted octanol–water partition coefficient (Wildman–Crippen LogP) is 5.18. The fraction of sp³-hybridized carbons (Fsp3) is 0.222. The van der Waals surface area contributed by atoms with Crippen molar-refractivity contribution in [3.8, 4) is 0 Å². The molecule has 0 saturated carbocycles. The third kappa shape index (κ3) is 2.45. The lowest BCUT2D eigenvalue weighted by atomic mass is 9.77. The van der Waals surface area contributed by atoms with Crippen molar-refractivity contribution in [1.29, 1.82) is 0 Å². The van der Waals surface area contributed by atoms with Gasteiger partial charge in [-0.2, -0.15) is 0 Å². The quantitative estimate of drug-likeness (QED) is 0.449. The number of benzene rings is 2. The molecule has 2 aromatic rings.